The van der Waals surface area contributed by atoms with Gasteiger partial charge in [0.15, 0.2) is 0 Å². The van der Waals surface area contributed by atoms with Crippen molar-refractivity contribution in [2.45, 2.75) is 12.8 Å². The van der Waals surface area contributed by atoms with Gasteiger partial charge in [-0.3, -0.25) is 4.98 Å². The van der Waals surface area contributed by atoms with E-state index in [0.717, 1.165) is 29.9 Å². The predicted octanol–water partition coefficient (Wildman–Crippen LogP) is 4.13. The number of nitrogens with zero attached hydrogens (tertiary/aromatic N) is 1. The summed E-state index contributed by atoms with van der Waals surface area (Å²) < 4.78 is 5.42. The van der Waals surface area contributed by atoms with Gasteiger partial charge in [0.05, 0.1) is 6.26 Å². The molecule has 0 radical (unpaired) electrons. The topological polar surface area (TPSA) is 26.0 Å². The summed E-state index contributed by atoms with van der Waals surface area (Å²) in [4.78, 5) is 4.35. The average Bonchev–Trinajstić information content (AvgIpc) is 3.01. The van der Waals surface area contributed by atoms with Crippen molar-refractivity contribution in [3.63, 3.8) is 0 Å². The molecular weight excluding hydrogens is 234 g/mol. The fourth-order valence-electron chi connectivity index (χ4n) is 2.14. The van der Waals surface area contributed by atoms with Crippen LogP contribution >= 0.6 is 0 Å². The molecule has 0 saturated carbocycles. The molecule has 94 valence electrons. The second-order valence-electron chi connectivity index (χ2n) is 4.50. The summed E-state index contributed by atoms with van der Waals surface area (Å²) in [6, 6.07) is 18.4. The maximum Gasteiger partial charge on any atom is 0.133 e. The normalized spacial score (nSPS) is 10.5. The molecular formula is C17H15NO. The third kappa shape index (κ3) is 2.91. The first-order valence-corrected chi connectivity index (χ1v) is 6.44. The highest BCUT2D eigenvalue weighted by atomic mass is 16.3. The van der Waals surface area contributed by atoms with Crippen molar-refractivity contribution in [1.29, 1.82) is 0 Å². The van der Waals surface area contributed by atoms with Crippen LogP contribution in [-0.4, -0.2) is 4.98 Å². The Morgan fingerprint density at radius 2 is 1.89 bits per heavy atom. The lowest BCUT2D eigenvalue weighted by Crippen LogP contribution is -1.93. The van der Waals surface area contributed by atoms with Gasteiger partial charge in [-0.2, -0.15) is 0 Å². The molecule has 0 saturated heterocycles. The van der Waals surface area contributed by atoms with E-state index in [9.17, 15) is 0 Å². The van der Waals surface area contributed by atoms with Gasteiger partial charge in [0, 0.05) is 17.5 Å². The quantitative estimate of drug-likeness (QED) is 0.695. The fourth-order valence-corrected chi connectivity index (χ4v) is 2.14. The zero-order valence-electron chi connectivity index (χ0n) is 10.6. The third-order valence-corrected chi connectivity index (χ3v) is 3.13. The molecule has 0 aliphatic rings. The summed E-state index contributed by atoms with van der Waals surface area (Å²) in [5, 5.41) is 0. The van der Waals surface area contributed by atoms with Crippen molar-refractivity contribution >= 4 is 0 Å². The van der Waals surface area contributed by atoms with E-state index in [-0.39, 0.29) is 0 Å². The molecule has 2 aromatic heterocycles. The molecule has 0 bridgehead atoms. The Bertz CT molecular complexity index is 629. The highest BCUT2D eigenvalue weighted by Gasteiger charge is 2.02. The Kier molecular flexibility index (Phi) is 3.41. The Balaban J connectivity index is 1.74. The van der Waals surface area contributed by atoms with Crippen molar-refractivity contribution in [2.24, 2.45) is 0 Å². The van der Waals surface area contributed by atoms with Crippen LogP contribution in [0.4, 0.5) is 0 Å². The number of hydrogen-bond donors (Lipinski definition) is 0. The van der Waals surface area contributed by atoms with E-state index in [2.05, 4.69) is 35.3 Å². The maximum atomic E-state index is 5.42. The van der Waals surface area contributed by atoms with Crippen LogP contribution in [0.25, 0.3) is 11.3 Å². The minimum absolute atomic E-state index is 0.916. The molecule has 3 rings (SSSR count). The Morgan fingerprint density at radius 1 is 0.895 bits per heavy atom. The van der Waals surface area contributed by atoms with Crippen LogP contribution in [0.2, 0.25) is 0 Å². The predicted molar refractivity (Wildman–Crippen MR) is 75.8 cm³/mol. The molecule has 3 aromatic rings. The summed E-state index contributed by atoms with van der Waals surface area (Å²) in [7, 11) is 0. The Hall–Kier alpha value is -2.35. The first kappa shape index (κ1) is 11.7. The molecule has 0 unspecified atom stereocenters. The van der Waals surface area contributed by atoms with Gasteiger partial charge in [0.2, 0.25) is 0 Å². The van der Waals surface area contributed by atoms with Crippen LogP contribution in [0.3, 0.4) is 0 Å². The van der Waals surface area contributed by atoms with Gasteiger partial charge in [0.25, 0.3) is 0 Å². The van der Waals surface area contributed by atoms with Crippen molar-refractivity contribution in [3.8, 4) is 11.3 Å². The van der Waals surface area contributed by atoms with E-state index in [1.54, 1.807) is 6.26 Å². The van der Waals surface area contributed by atoms with Crippen molar-refractivity contribution in [2.75, 3.05) is 0 Å². The lowest BCUT2D eigenvalue weighted by molar-refractivity contribution is 0.582. The van der Waals surface area contributed by atoms with Crippen molar-refractivity contribution in [1.82, 2.24) is 4.98 Å². The first-order chi connectivity index (χ1) is 9.42. The molecule has 0 fully saturated rings. The number of aryl methyl sites for hydroxylation is 2. The van der Waals surface area contributed by atoms with Gasteiger partial charge in [-0.05, 0) is 48.7 Å². The monoisotopic (exact) mass is 249 g/mol. The molecule has 2 heteroatoms. The summed E-state index contributed by atoms with van der Waals surface area (Å²) in [5.41, 5.74) is 3.56. The second-order valence-corrected chi connectivity index (χ2v) is 4.50. The highest BCUT2D eigenvalue weighted by Crippen LogP contribution is 2.21. The molecule has 2 heterocycles. The van der Waals surface area contributed by atoms with E-state index >= 15 is 0 Å². The zero-order chi connectivity index (χ0) is 12.9. The molecule has 0 N–H and O–H groups in total. The van der Waals surface area contributed by atoms with Crippen LogP contribution in [-0.2, 0) is 12.8 Å². The summed E-state index contributed by atoms with van der Waals surface area (Å²) in [6.07, 6.45) is 5.50. The lowest BCUT2D eigenvalue weighted by atomic mass is 10.0. The number of hydrogen-bond acceptors (Lipinski definition) is 2. The summed E-state index contributed by atoms with van der Waals surface area (Å²) in [5.74, 6) is 0.916. The number of pyridine rings is 1. The number of rotatable bonds is 4. The number of aromatic nitrogens is 1. The molecule has 0 atom stereocenters. The van der Waals surface area contributed by atoms with Crippen LogP contribution < -0.4 is 0 Å². The second kappa shape index (κ2) is 5.53. The zero-order valence-corrected chi connectivity index (χ0v) is 10.6. The SMILES string of the molecule is c1ccc(CCc2cccc(-c3ccco3)c2)nc1. The van der Waals surface area contributed by atoms with Crippen LogP contribution in [0.15, 0.2) is 71.5 Å². The minimum atomic E-state index is 0.916. The van der Waals surface area contributed by atoms with Crippen molar-refractivity contribution in [3.05, 3.63) is 78.3 Å². The van der Waals surface area contributed by atoms with Gasteiger partial charge in [0.1, 0.15) is 5.76 Å². The molecule has 0 amide bonds. The van der Waals surface area contributed by atoms with E-state index < -0.39 is 0 Å². The molecule has 0 aliphatic heterocycles. The van der Waals surface area contributed by atoms with Gasteiger partial charge in [-0.25, -0.2) is 0 Å². The molecule has 1 aromatic carbocycles. The lowest BCUT2D eigenvalue weighted by Gasteiger charge is -2.03. The third-order valence-electron chi connectivity index (χ3n) is 3.13. The van der Waals surface area contributed by atoms with Gasteiger partial charge < -0.3 is 4.42 Å². The fraction of sp³-hybridized carbons (Fsp3) is 0.118. The van der Waals surface area contributed by atoms with Crippen LogP contribution in [0, 0.1) is 0 Å². The molecule has 0 spiro atoms. The first-order valence-electron chi connectivity index (χ1n) is 6.44. The van der Waals surface area contributed by atoms with Gasteiger partial charge in [-0.15, -0.1) is 0 Å². The molecule has 19 heavy (non-hydrogen) atoms. The summed E-state index contributed by atoms with van der Waals surface area (Å²) >= 11 is 0. The molecule has 0 aliphatic carbocycles. The molecule has 2 nitrogen and oxygen atoms in total. The minimum Gasteiger partial charge on any atom is -0.464 e. The van der Waals surface area contributed by atoms with E-state index in [4.69, 9.17) is 4.42 Å². The van der Waals surface area contributed by atoms with Crippen LogP contribution in [0.1, 0.15) is 11.3 Å². The van der Waals surface area contributed by atoms with Crippen molar-refractivity contribution < 1.29 is 4.42 Å². The average molecular weight is 249 g/mol. The standard InChI is InChI=1S/C17H15NO/c1-2-11-18-16(7-1)10-9-14-5-3-6-15(13-14)17-8-4-12-19-17/h1-8,11-13H,9-10H2. The Labute approximate surface area is 112 Å². The maximum absolute atomic E-state index is 5.42. The largest absolute Gasteiger partial charge is 0.464 e. The summed E-state index contributed by atoms with van der Waals surface area (Å²) in [6.45, 7) is 0. The smallest absolute Gasteiger partial charge is 0.133 e. The van der Waals surface area contributed by atoms with E-state index in [0.29, 0.717) is 0 Å². The number of furan rings is 1. The highest BCUT2D eigenvalue weighted by molar-refractivity contribution is 5.58. The van der Waals surface area contributed by atoms with Gasteiger partial charge in [-0.1, -0.05) is 24.3 Å². The van der Waals surface area contributed by atoms with Gasteiger partial charge >= 0.3 is 0 Å². The van der Waals surface area contributed by atoms with E-state index in [1.807, 2.05) is 30.5 Å². The Morgan fingerprint density at radius 3 is 2.68 bits per heavy atom. The van der Waals surface area contributed by atoms with Crippen LogP contribution in [0.5, 0.6) is 0 Å². The number of benzene rings is 1. The van der Waals surface area contributed by atoms with E-state index in [1.165, 1.54) is 5.56 Å².